The van der Waals surface area contributed by atoms with E-state index in [0.717, 1.165) is 42.3 Å². The monoisotopic (exact) mass is 445 g/mol. The Morgan fingerprint density at radius 2 is 1.70 bits per heavy atom. The first-order chi connectivity index (χ1) is 14.5. The molecule has 0 amide bonds. The lowest BCUT2D eigenvalue weighted by molar-refractivity contribution is 0.384. The van der Waals surface area contributed by atoms with Gasteiger partial charge in [-0.1, -0.05) is 6.07 Å². The van der Waals surface area contributed by atoms with Gasteiger partial charge in [-0.2, -0.15) is 18.0 Å². The molecule has 9 nitrogen and oxygen atoms in total. The zero-order valence-electron chi connectivity index (χ0n) is 16.7. The van der Waals surface area contributed by atoms with Crippen molar-refractivity contribution in [2.45, 2.75) is 24.7 Å². The SMILES string of the molecule is Cc1cc(N2CCN(S(=O)(=O)c3cccc4nsnc34)CC2)nc(N2CCCC2)n1. The van der Waals surface area contributed by atoms with Gasteiger partial charge >= 0.3 is 0 Å². The fourth-order valence-electron chi connectivity index (χ4n) is 4.04. The zero-order valence-corrected chi connectivity index (χ0v) is 18.4. The van der Waals surface area contributed by atoms with E-state index in [9.17, 15) is 8.42 Å². The Morgan fingerprint density at radius 3 is 2.47 bits per heavy atom. The minimum atomic E-state index is -3.62. The van der Waals surface area contributed by atoms with Gasteiger partial charge in [-0.15, -0.1) is 0 Å². The van der Waals surface area contributed by atoms with Crippen molar-refractivity contribution in [1.29, 1.82) is 0 Å². The third-order valence-corrected chi connectivity index (χ3v) is 8.12. The van der Waals surface area contributed by atoms with Gasteiger partial charge in [0.15, 0.2) is 0 Å². The molecule has 158 valence electrons. The van der Waals surface area contributed by atoms with Crippen molar-refractivity contribution >= 4 is 44.6 Å². The number of rotatable bonds is 4. The van der Waals surface area contributed by atoms with Crippen molar-refractivity contribution in [3.63, 3.8) is 0 Å². The molecule has 2 aliphatic heterocycles. The fourth-order valence-corrected chi connectivity index (χ4v) is 6.22. The molecular formula is C19H23N7O2S2. The molecule has 5 rings (SSSR count). The van der Waals surface area contributed by atoms with Crippen LogP contribution in [-0.2, 0) is 10.0 Å². The molecule has 2 saturated heterocycles. The Labute approximate surface area is 179 Å². The number of hydrogen-bond donors (Lipinski definition) is 0. The summed E-state index contributed by atoms with van der Waals surface area (Å²) in [5, 5.41) is 0. The van der Waals surface area contributed by atoms with Crippen LogP contribution >= 0.6 is 11.7 Å². The summed E-state index contributed by atoms with van der Waals surface area (Å²) < 4.78 is 36.4. The second kappa shape index (κ2) is 7.71. The highest BCUT2D eigenvalue weighted by atomic mass is 32.2. The summed E-state index contributed by atoms with van der Waals surface area (Å²) in [6, 6.07) is 7.09. The predicted molar refractivity (Wildman–Crippen MR) is 117 cm³/mol. The average molecular weight is 446 g/mol. The molecular weight excluding hydrogens is 422 g/mol. The van der Waals surface area contributed by atoms with Gasteiger partial charge in [0.1, 0.15) is 21.7 Å². The third-order valence-electron chi connectivity index (χ3n) is 5.65. The van der Waals surface area contributed by atoms with Crippen molar-refractivity contribution in [2.24, 2.45) is 0 Å². The lowest BCUT2D eigenvalue weighted by atomic mass is 10.3. The van der Waals surface area contributed by atoms with E-state index in [4.69, 9.17) is 4.98 Å². The molecule has 3 aromatic rings. The summed E-state index contributed by atoms with van der Waals surface area (Å²) in [5.74, 6) is 1.65. The van der Waals surface area contributed by atoms with Crippen molar-refractivity contribution in [3.05, 3.63) is 30.0 Å². The smallest absolute Gasteiger partial charge is 0.245 e. The number of fused-ring (bicyclic) bond motifs is 1. The molecule has 0 aliphatic carbocycles. The first-order valence-corrected chi connectivity index (χ1v) is 12.3. The average Bonchev–Trinajstić information content (AvgIpc) is 3.45. The minimum absolute atomic E-state index is 0.233. The number of benzene rings is 1. The second-order valence-corrected chi connectivity index (χ2v) is 10.1. The largest absolute Gasteiger partial charge is 0.354 e. The molecule has 0 unspecified atom stereocenters. The molecule has 0 radical (unpaired) electrons. The van der Waals surface area contributed by atoms with Gasteiger partial charge in [0.05, 0.1) is 11.7 Å². The summed E-state index contributed by atoms with van der Waals surface area (Å²) in [6.45, 7) is 5.93. The van der Waals surface area contributed by atoms with E-state index < -0.39 is 10.0 Å². The van der Waals surface area contributed by atoms with Gasteiger partial charge in [0, 0.05) is 51.0 Å². The summed E-state index contributed by atoms with van der Waals surface area (Å²) in [6.07, 6.45) is 2.34. The molecule has 2 aliphatic rings. The highest BCUT2D eigenvalue weighted by Crippen LogP contribution is 2.27. The van der Waals surface area contributed by atoms with E-state index in [0.29, 0.717) is 37.2 Å². The Morgan fingerprint density at radius 1 is 0.933 bits per heavy atom. The van der Waals surface area contributed by atoms with Gasteiger partial charge < -0.3 is 9.80 Å². The van der Waals surface area contributed by atoms with E-state index in [1.54, 1.807) is 18.2 Å². The summed E-state index contributed by atoms with van der Waals surface area (Å²) in [7, 11) is -3.62. The number of aromatic nitrogens is 4. The Balaban J connectivity index is 1.35. The Kier molecular flexibility index (Phi) is 5.03. The normalized spacial score (nSPS) is 18.4. The van der Waals surface area contributed by atoms with Crippen LogP contribution in [0.25, 0.3) is 11.0 Å². The van der Waals surface area contributed by atoms with E-state index in [2.05, 4.69) is 23.5 Å². The molecule has 0 bridgehead atoms. The molecule has 0 N–H and O–H groups in total. The van der Waals surface area contributed by atoms with Crippen LogP contribution in [0.4, 0.5) is 11.8 Å². The standard InChI is InChI=1S/C19H23N7O2S2/c1-14-13-17(21-19(20-14)25-7-2-3-8-25)24-9-11-26(12-10-24)30(27,28)16-6-4-5-15-18(16)23-29-22-15/h4-6,13H,2-3,7-12H2,1H3. The maximum atomic E-state index is 13.2. The molecule has 0 atom stereocenters. The van der Waals surface area contributed by atoms with Crippen LogP contribution in [0, 0.1) is 6.92 Å². The van der Waals surface area contributed by atoms with E-state index in [1.807, 2.05) is 13.0 Å². The van der Waals surface area contributed by atoms with Gasteiger partial charge in [-0.3, -0.25) is 0 Å². The number of nitrogens with zero attached hydrogens (tertiary/aromatic N) is 7. The topological polar surface area (TPSA) is 95.4 Å². The lowest BCUT2D eigenvalue weighted by Crippen LogP contribution is -2.49. The van der Waals surface area contributed by atoms with Gasteiger partial charge in [-0.05, 0) is 31.9 Å². The van der Waals surface area contributed by atoms with Crippen molar-refractivity contribution in [3.8, 4) is 0 Å². The molecule has 11 heteroatoms. The van der Waals surface area contributed by atoms with Gasteiger partial charge in [0.25, 0.3) is 0 Å². The number of sulfonamides is 1. The molecule has 1 aromatic carbocycles. The highest BCUT2D eigenvalue weighted by molar-refractivity contribution is 7.89. The van der Waals surface area contributed by atoms with Crippen LogP contribution in [0.15, 0.2) is 29.2 Å². The predicted octanol–water partition coefficient (Wildman–Crippen LogP) is 1.90. The molecule has 0 spiro atoms. The zero-order chi connectivity index (χ0) is 20.7. The summed E-state index contributed by atoms with van der Waals surface area (Å²) in [4.78, 5) is 14.0. The first kappa shape index (κ1) is 19.6. The highest BCUT2D eigenvalue weighted by Gasteiger charge is 2.31. The Bertz CT molecular complexity index is 1170. The van der Waals surface area contributed by atoms with Crippen molar-refractivity contribution in [2.75, 3.05) is 49.1 Å². The fraction of sp³-hybridized carbons (Fsp3) is 0.474. The summed E-state index contributed by atoms with van der Waals surface area (Å²) in [5.41, 5.74) is 2.00. The third kappa shape index (κ3) is 3.50. The molecule has 30 heavy (non-hydrogen) atoms. The summed E-state index contributed by atoms with van der Waals surface area (Å²) >= 11 is 1.03. The number of hydrogen-bond acceptors (Lipinski definition) is 9. The van der Waals surface area contributed by atoms with Crippen molar-refractivity contribution < 1.29 is 8.42 Å². The number of anilines is 2. The van der Waals surface area contributed by atoms with E-state index in [-0.39, 0.29) is 4.90 Å². The van der Waals surface area contributed by atoms with Crippen LogP contribution < -0.4 is 9.80 Å². The quantitative estimate of drug-likeness (QED) is 0.601. The first-order valence-electron chi connectivity index (χ1n) is 10.1. The Hall–Kier alpha value is -2.37. The lowest BCUT2D eigenvalue weighted by Gasteiger charge is -2.35. The molecule has 2 fully saturated rings. The van der Waals surface area contributed by atoms with Gasteiger partial charge in [0.2, 0.25) is 16.0 Å². The minimum Gasteiger partial charge on any atom is -0.354 e. The van der Waals surface area contributed by atoms with Crippen LogP contribution in [0.1, 0.15) is 18.5 Å². The number of piperazine rings is 1. The van der Waals surface area contributed by atoms with E-state index >= 15 is 0 Å². The van der Waals surface area contributed by atoms with Crippen LogP contribution in [0.2, 0.25) is 0 Å². The second-order valence-electron chi connectivity index (χ2n) is 7.64. The maximum absolute atomic E-state index is 13.2. The van der Waals surface area contributed by atoms with Crippen LogP contribution in [0.3, 0.4) is 0 Å². The van der Waals surface area contributed by atoms with Gasteiger partial charge in [-0.25, -0.2) is 13.4 Å². The molecule has 0 saturated carbocycles. The molecule has 4 heterocycles. The van der Waals surface area contributed by atoms with Crippen LogP contribution in [-0.4, -0.2) is 70.7 Å². The maximum Gasteiger partial charge on any atom is 0.245 e. The van der Waals surface area contributed by atoms with Crippen molar-refractivity contribution in [1.82, 2.24) is 23.0 Å². The number of aryl methyl sites for hydroxylation is 1. The van der Waals surface area contributed by atoms with E-state index in [1.165, 1.54) is 17.1 Å². The van der Waals surface area contributed by atoms with Crippen LogP contribution in [0.5, 0.6) is 0 Å². The molecule has 2 aromatic heterocycles.